The fourth-order valence-electron chi connectivity index (χ4n) is 1.63. The molecule has 0 bridgehead atoms. The lowest BCUT2D eigenvalue weighted by molar-refractivity contribution is -0.141. The Kier molecular flexibility index (Phi) is 5.32. The quantitative estimate of drug-likeness (QED) is 0.871. The number of rotatable bonds is 6. The summed E-state index contributed by atoms with van der Waals surface area (Å²) in [4.78, 5) is 16.0. The first-order valence-electron chi connectivity index (χ1n) is 5.86. The van der Waals surface area contributed by atoms with Crippen molar-refractivity contribution in [3.05, 3.63) is 23.4 Å². The molecule has 0 aliphatic heterocycles. The van der Waals surface area contributed by atoms with Gasteiger partial charge in [0.2, 0.25) is 0 Å². The van der Waals surface area contributed by atoms with Gasteiger partial charge < -0.3 is 14.7 Å². The number of hydrogen-bond donors (Lipinski definition) is 1. The molecule has 112 valence electrons. The summed E-state index contributed by atoms with van der Waals surface area (Å²) < 4.78 is 42.9. The van der Waals surface area contributed by atoms with Crippen LogP contribution in [-0.4, -0.2) is 42.9 Å². The summed E-state index contributed by atoms with van der Waals surface area (Å²) in [7, 11) is 1.45. The summed E-state index contributed by atoms with van der Waals surface area (Å²) in [5.41, 5.74) is -1.38. The van der Waals surface area contributed by atoms with Crippen LogP contribution >= 0.6 is 0 Å². The first-order valence-corrected chi connectivity index (χ1v) is 5.86. The molecule has 5 nitrogen and oxygen atoms in total. The number of ether oxygens (including phenoxy) is 1. The molecule has 1 aromatic rings. The van der Waals surface area contributed by atoms with E-state index in [-0.39, 0.29) is 24.5 Å². The van der Waals surface area contributed by atoms with Crippen LogP contribution in [0.15, 0.2) is 12.1 Å². The third kappa shape index (κ3) is 3.83. The zero-order valence-electron chi connectivity index (χ0n) is 11.1. The van der Waals surface area contributed by atoms with E-state index in [0.29, 0.717) is 12.6 Å². The molecular formula is C12H15F3N2O3. The first-order chi connectivity index (χ1) is 9.31. The van der Waals surface area contributed by atoms with Gasteiger partial charge in [0, 0.05) is 20.2 Å². The summed E-state index contributed by atoms with van der Waals surface area (Å²) in [6.07, 6.45) is -4.62. The summed E-state index contributed by atoms with van der Waals surface area (Å²) in [6, 6.07) is 1.58. The SMILES string of the molecule is CCN(CCOC)c1nc(C(F)(F)F)ccc1C(=O)O. The molecule has 0 radical (unpaired) electrons. The van der Waals surface area contributed by atoms with E-state index in [0.717, 1.165) is 6.07 Å². The molecule has 20 heavy (non-hydrogen) atoms. The molecular weight excluding hydrogens is 277 g/mol. The predicted octanol–water partition coefficient (Wildman–Crippen LogP) is 2.27. The Balaban J connectivity index is 3.26. The van der Waals surface area contributed by atoms with Crippen LogP contribution in [0.4, 0.5) is 19.0 Å². The Morgan fingerprint density at radius 3 is 2.55 bits per heavy atom. The van der Waals surface area contributed by atoms with Gasteiger partial charge in [0.1, 0.15) is 17.1 Å². The fourth-order valence-corrected chi connectivity index (χ4v) is 1.63. The highest BCUT2D eigenvalue weighted by Gasteiger charge is 2.34. The fraction of sp³-hybridized carbons (Fsp3) is 0.500. The first kappa shape index (κ1) is 16.2. The van der Waals surface area contributed by atoms with Crippen molar-refractivity contribution < 1.29 is 27.8 Å². The van der Waals surface area contributed by atoms with Crippen molar-refractivity contribution in [3.63, 3.8) is 0 Å². The Bertz CT molecular complexity index is 478. The van der Waals surface area contributed by atoms with Gasteiger partial charge in [-0.1, -0.05) is 0 Å². The van der Waals surface area contributed by atoms with Gasteiger partial charge in [-0.25, -0.2) is 9.78 Å². The smallest absolute Gasteiger partial charge is 0.433 e. The highest BCUT2D eigenvalue weighted by molar-refractivity contribution is 5.93. The zero-order valence-corrected chi connectivity index (χ0v) is 11.1. The number of likely N-dealkylation sites (N-methyl/N-ethyl adjacent to an activating group) is 1. The van der Waals surface area contributed by atoms with Gasteiger partial charge in [-0.15, -0.1) is 0 Å². The third-order valence-corrected chi connectivity index (χ3v) is 2.64. The third-order valence-electron chi connectivity index (χ3n) is 2.64. The van der Waals surface area contributed by atoms with Crippen molar-refractivity contribution in [2.75, 3.05) is 31.7 Å². The lowest BCUT2D eigenvalue weighted by Crippen LogP contribution is -2.30. The monoisotopic (exact) mass is 292 g/mol. The van der Waals surface area contributed by atoms with Crippen LogP contribution in [0.5, 0.6) is 0 Å². The molecule has 1 rings (SSSR count). The van der Waals surface area contributed by atoms with Gasteiger partial charge in [-0.05, 0) is 19.1 Å². The highest BCUT2D eigenvalue weighted by atomic mass is 19.4. The number of aromatic carboxylic acids is 1. The number of carboxylic acids is 1. The highest BCUT2D eigenvalue weighted by Crippen LogP contribution is 2.30. The molecule has 1 aromatic heterocycles. The number of aromatic nitrogens is 1. The molecule has 0 saturated heterocycles. The normalized spacial score (nSPS) is 11.4. The van der Waals surface area contributed by atoms with E-state index in [1.165, 1.54) is 12.0 Å². The van der Waals surface area contributed by atoms with E-state index < -0.39 is 17.8 Å². The second-order valence-electron chi connectivity index (χ2n) is 3.94. The van der Waals surface area contributed by atoms with Crippen molar-refractivity contribution >= 4 is 11.8 Å². The average Bonchev–Trinajstić information content (AvgIpc) is 2.38. The number of pyridine rings is 1. The molecule has 0 unspecified atom stereocenters. The lowest BCUT2D eigenvalue weighted by atomic mass is 10.2. The van der Waals surface area contributed by atoms with Crippen LogP contribution in [0.1, 0.15) is 23.0 Å². The second kappa shape index (κ2) is 6.56. The van der Waals surface area contributed by atoms with E-state index in [2.05, 4.69) is 4.98 Å². The van der Waals surface area contributed by atoms with Crippen molar-refractivity contribution in [3.8, 4) is 0 Å². The number of carbonyl (C=O) groups is 1. The number of alkyl halides is 3. The Labute approximate surface area is 114 Å². The number of carboxylic acid groups (broad SMARTS) is 1. The van der Waals surface area contributed by atoms with Crippen LogP contribution in [0.25, 0.3) is 0 Å². The van der Waals surface area contributed by atoms with E-state index in [1.54, 1.807) is 6.92 Å². The molecule has 1 heterocycles. The van der Waals surface area contributed by atoms with Gasteiger partial charge in [-0.2, -0.15) is 13.2 Å². The molecule has 0 aromatic carbocycles. The molecule has 0 aliphatic carbocycles. The maximum absolute atomic E-state index is 12.7. The molecule has 0 fully saturated rings. The maximum atomic E-state index is 12.7. The van der Waals surface area contributed by atoms with Gasteiger partial charge in [0.05, 0.1) is 6.61 Å². The minimum Gasteiger partial charge on any atom is -0.478 e. The number of methoxy groups -OCH3 is 1. The molecule has 8 heteroatoms. The van der Waals surface area contributed by atoms with E-state index in [1.807, 2.05) is 0 Å². The number of nitrogens with zero attached hydrogens (tertiary/aromatic N) is 2. The van der Waals surface area contributed by atoms with Crippen molar-refractivity contribution in [1.82, 2.24) is 4.98 Å². The van der Waals surface area contributed by atoms with Crippen LogP contribution in [0.3, 0.4) is 0 Å². The number of hydrogen-bond acceptors (Lipinski definition) is 4. The molecule has 0 amide bonds. The Morgan fingerprint density at radius 2 is 2.10 bits per heavy atom. The molecule has 0 atom stereocenters. The Morgan fingerprint density at radius 1 is 1.45 bits per heavy atom. The molecule has 1 N–H and O–H groups in total. The largest absolute Gasteiger partial charge is 0.478 e. The van der Waals surface area contributed by atoms with Gasteiger partial charge in [0.15, 0.2) is 0 Å². The van der Waals surface area contributed by atoms with Gasteiger partial charge in [-0.3, -0.25) is 0 Å². The van der Waals surface area contributed by atoms with Crippen molar-refractivity contribution in [1.29, 1.82) is 0 Å². The van der Waals surface area contributed by atoms with Crippen LogP contribution < -0.4 is 4.90 Å². The molecule has 0 aliphatic rings. The lowest BCUT2D eigenvalue weighted by Gasteiger charge is -2.24. The van der Waals surface area contributed by atoms with E-state index >= 15 is 0 Å². The van der Waals surface area contributed by atoms with Gasteiger partial charge in [0.25, 0.3) is 0 Å². The predicted molar refractivity (Wildman–Crippen MR) is 66.0 cm³/mol. The van der Waals surface area contributed by atoms with Crippen molar-refractivity contribution in [2.24, 2.45) is 0 Å². The van der Waals surface area contributed by atoms with Crippen LogP contribution in [-0.2, 0) is 10.9 Å². The zero-order chi connectivity index (χ0) is 15.3. The van der Waals surface area contributed by atoms with Gasteiger partial charge >= 0.3 is 12.1 Å². The summed E-state index contributed by atoms with van der Waals surface area (Å²) in [5.74, 6) is -1.52. The Hall–Kier alpha value is -1.83. The molecule has 0 spiro atoms. The number of anilines is 1. The summed E-state index contributed by atoms with van der Waals surface area (Å²) in [6.45, 7) is 2.52. The van der Waals surface area contributed by atoms with Crippen LogP contribution in [0, 0.1) is 0 Å². The average molecular weight is 292 g/mol. The van der Waals surface area contributed by atoms with Crippen molar-refractivity contribution in [2.45, 2.75) is 13.1 Å². The minimum atomic E-state index is -4.62. The number of halogens is 3. The van der Waals surface area contributed by atoms with E-state index in [4.69, 9.17) is 9.84 Å². The van der Waals surface area contributed by atoms with Crippen LogP contribution in [0.2, 0.25) is 0 Å². The summed E-state index contributed by atoms with van der Waals surface area (Å²) in [5, 5.41) is 9.05. The minimum absolute atomic E-state index is 0.202. The van der Waals surface area contributed by atoms with E-state index in [9.17, 15) is 18.0 Å². The second-order valence-corrected chi connectivity index (χ2v) is 3.94. The summed E-state index contributed by atoms with van der Waals surface area (Å²) >= 11 is 0. The topological polar surface area (TPSA) is 62.7 Å². The molecule has 0 saturated carbocycles. The maximum Gasteiger partial charge on any atom is 0.433 e. The standard InChI is InChI=1S/C12H15F3N2O3/c1-3-17(6-7-20-2)10-8(11(18)19)4-5-9(16-10)12(13,14)15/h4-5H,3,6-7H2,1-2H3,(H,18,19).